The van der Waals surface area contributed by atoms with Crippen LogP contribution < -0.4 is 15.5 Å². The fraction of sp³-hybridized carbons (Fsp3) is 0.0938. The third-order valence-corrected chi connectivity index (χ3v) is 5.68. The Hall–Kier alpha value is -4.97. The largest absolute Gasteiger partial charge is 0.493 e. The maximum absolute atomic E-state index is 13.2. The number of hydrogen-bond acceptors (Lipinski definition) is 4. The highest BCUT2D eigenvalue weighted by Crippen LogP contribution is 2.26. The second kappa shape index (κ2) is 12.8. The Labute approximate surface area is 222 Å². The van der Waals surface area contributed by atoms with Crippen molar-refractivity contribution in [3.05, 3.63) is 131 Å². The van der Waals surface area contributed by atoms with E-state index in [0.29, 0.717) is 17.9 Å². The van der Waals surface area contributed by atoms with E-state index in [1.54, 1.807) is 36.6 Å². The third kappa shape index (κ3) is 6.83. The van der Waals surface area contributed by atoms with Crippen molar-refractivity contribution in [2.75, 3.05) is 6.61 Å². The van der Waals surface area contributed by atoms with Crippen LogP contribution in [0.4, 0.5) is 0 Å². The lowest BCUT2D eigenvalue weighted by molar-refractivity contribution is -0.117. The van der Waals surface area contributed by atoms with Crippen molar-refractivity contribution in [3.63, 3.8) is 0 Å². The Kier molecular flexibility index (Phi) is 8.81. The molecule has 2 N–H and O–H groups in total. The summed E-state index contributed by atoms with van der Waals surface area (Å²) in [5, 5.41) is 8.92. The van der Waals surface area contributed by atoms with E-state index in [4.69, 9.17) is 4.74 Å². The van der Waals surface area contributed by atoms with Crippen molar-refractivity contribution >= 4 is 34.9 Å². The van der Waals surface area contributed by atoms with Gasteiger partial charge >= 0.3 is 0 Å². The van der Waals surface area contributed by atoms with Crippen LogP contribution in [0.25, 0.3) is 16.8 Å². The van der Waals surface area contributed by atoms with Crippen molar-refractivity contribution < 1.29 is 14.3 Å². The smallest absolute Gasteiger partial charge is 0.287 e. The second-order valence-electron chi connectivity index (χ2n) is 8.51. The number of amides is 2. The summed E-state index contributed by atoms with van der Waals surface area (Å²) in [5.74, 6) is -0.278. The van der Waals surface area contributed by atoms with Gasteiger partial charge in [0, 0.05) is 11.1 Å². The molecule has 0 aliphatic heterocycles. The number of benzene rings is 4. The predicted molar refractivity (Wildman–Crippen MR) is 153 cm³/mol. The summed E-state index contributed by atoms with van der Waals surface area (Å²) < 4.78 is 5.78. The number of hydrazone groups is 1. The maximum atomic E-state index is 13.2. The van der Waals surface area contributed by atoms with Crippen LogP contribution in [0.1, 0.15) is 35.3 Å². The van der Waals surface area contributed by atoms with Gasteiger partial charge in [-0.15, -0.1) is 0 Å². The van der Waals surface area contributed by atoms with Crippen molar-refractivity contribution in [1.29, 1.82) is 0 Å². The maximum Gasteiger partial charge on any atom is 0.287 e. The van der Waals surface area contributed by atoms with Gasteiger partial charge in [0.05, 0.1) is 12.8 Å². The van der Waals surface area contributed by atoms with Crippen molar-refractivity contribution in [1.82, 2.24) is 10.7 Å². The molecule has 2 amide bonds. The minimum absolute atomic E-state index is 0.0728. The quantitative estimate of drug-likeness (QED) is 0.125. The molecule has 0 heterocycles. The molecule has 0 aliphatic rings. The molecule has 6 heteroatoms. The zero-order valence-electron chi connectivity index (χ0n) is 21.3. The SMILES string of the molecule is CCOc1ccc2ccccc2c1C=NNC(=O)/C(=C/C(C)=C/c1ccccc1)NC(=O)c1ccccc1. The molecule has 0 aliphatic carbocycles. The van der Waals surface area contributed by atoms with Gasteiger partial charge in [-0.1, -0.05) is 84.9 Å². The molecule has 38 heavy (non-hydrogen) atoms. The lowest BCUT2D eigenvalue weighted by atomic mass is 10.0. The highest BCUT2D eigenvalue weighted by molar-refractivity contribution is 6.05. The fourth-order valence-corrected chi connectivity index (χ4v) is 3.93. The monoisotopic (exact) mass is 503 g/mol. The molecule has 4 aromatic carbocycles. The molecule has 0 bridgehead atoms. The molecule has 190 valence electrons. The zero-order valence-corrected chi connectivity index (χ0v) is 21.3. The number of carbonyl (C=O) groups excluding carboxylic acids is 2. The summed E-state index contributed by atoms with van der Waals surface area (Å²) in [6, 6.07) is 30.2. The minimum Gasteiger partial charge on any atom is -0.493 e. The lowest BCUT2D eigenvalue weighted by Gasteiger charge is -2.11. The number of ether oxygens (including phenoxy) is 1. The molecule has 0 unspecified atom stereocenters. The van der Waals surface area contributed by atoms with Crippen molar-refractivity contribution in [3.8, 4) is 5.75 Å². The Morgan fingerprint density at radius 3 is 2.29 bits per heavy atom. The number of allylic oxidation sites excluding steroid dienone is 2. The Bertz CT molecular complexity index is 1510. The number of nitrogens with zero attached hydrogens (tertiary/aromatic N) is 1. The first kappa shape index (κ1) is 26.1. The van der Waals surface area contributed by atoms with Crippen molar-refractivity contribution in [2.45, 2.75) is 13.8 Å². The van der Waals surface area contributed by atoms with Gasteiger partial charge in [0.2, 0.25) is 0 Å². The van der Waals surface area contributed by atoms with E-state index in [1.165, 1.54) is 0 Å². The molecular formula is C32H29N3O3. The molecule has 4 aromatic rings. The van der Waals surface area contributed by atoms with Gasteiger partial charge < -0.3 is 10.1 Å². The molecule has 0 saturated heterocycles. The summed E-state index contributed by atoms with van der Waals surface area (Å²) in [7, 11) is 0. The minimum atomic E-state index is -0.551. The van der Waals surface area contributed by atoms with Crippen LogP contribution >= 0.6 is 0 Å². The van der Waals surface area contributed by atoms with Gasteiger partial charge in [0.15, 0.2) is 0 Å². The summed E-state index contributed by atoms with van der Waals surface area (Å²) in [6.07, 6.45) is 5.12. The molecule has 0 radical (unpaired) electrons. The van der Waals surface area contributed by atoms with E-state index < -0.39 is 11.8 Å². The van der Waals surface area contributed by atoms with Crippen molar-refractivity contribution in [2.24, 2.45) is 5.10 Å². The summed E-state index contributed by atoms with van der Waals surface area (Å²) in [6.45, 7) is 4.27. The topological polar surface area (TPSA) is 79.8 Å². The van der Waals surface area contributed by atoms with Gasteiger partial charge in [-0.2, -0.15) is 5.10 Å². The molecule has 0 spiro atoms. The van der Waals surface area contributed by atoms with Crippen LogP contribution in [0, 0.1) is 0 Å². The predicted octanol–water partition coefficient (Wildman–Crippen LogP) is 6.11. The first-order valence-electron chi connectivity index (χ1n) is 12.3. The third-order valence-electron chi connectivity index (χ3n) is 5.68. The lowest BCUT2D eigenvalue weighted by Crippen LogP contribution is -2.33. The number of carbonyl (C=O) groups is 2. The van der Waals surface area contributed by atoms with E-state index >= 15 is 0 Å². The van der Waals surface area contributed by atoms with E-state index in [2.05, 4.69) is 15.8 Å². The van der Waals surface area contributed by atoms with Gasteiger partial charge in [-0.05, 0) is 60.0 Å². The van der Waals surface area contributed by atoms with E-state index in [9.17, 15) is 9.59 Å². The number of hydrogen-bond donors (Lipinski definition) is 2. The molecule has 0 atom stereocenters. The molecule has 0 fully saturated rings. The first-order chi connectivity index (χ1) is 18.5. The Balaban J connectivity index is 1.61. The molecule has 6 nitrogen and oxygen atoms in total. The summed E-state index contributed by atoms with van der Waals surface area (Å²) in [4.78, 5) is 26.0. The number of fused-ring (bicyclic) bond motifs is 1. The van der Waals surface area contributed by atoms with Crippen LogP contribution in [-0.2, 0) is 4.79 Å². The van der Waals surface area contributed by atoms with Gasteiger partial charge in [-0.25, -0.2) is 5.43 Å². The molecule has 4 rings (SSSR count). The van der Waals surface area contributed by atoms with Crippen LogP contribution in [-0.4, -0.2) is 24.6 Å². The van der Waals surface area contributed by atoms with E-state index in [1.807, 2.05) is 92.7 Å². The molecule has 0 aromatic heterocycles. The standard InChI is InChI=1S/C32H29N3O3/c1-3-38-30-19-18-25-14-10-11-17-27(25)28(30)22-33-35-32(37)29(34-31(36)26-15-8-5-9-16-26)21-23(2)20-24-12-6-4-7-13-24/h4-22H,3H2,1-2H3,(H,34,36)(H,35,37)/b23-20+,29-21-,33-22?. The first-order valence-corrected chi connectivity index (χ1v) is 12.3. The number of nitrogens with one attached hydrogen (secondary N) is 2. The fourth-order valence-electron chi connectivity index (χ4n) is 3.93. The Morgan fingerprint density at radius 2 is 1.55 bits per heavy atom. The van der Waals surface area contributed by atoms with E-state index in [0.717, 1.165) is 27.5 Å². The Morgan fingerprint density at radius 1 is 0.868 bits per heavy atom. The highest BCUT2D eigenvalue weighted by atomic mass is 16.5. The normalized spacial score (nSPS) is 11.9. The van der Waals surface area contributed by atoms with Crippen LogP contribution in [0.3, 0.4) is 0 Å². The number of rotatable bonds is 9. The van der Waals surface area contributed by atoms with Crippen LogP contribution in [0.15, 0.2) is 120 Å². The van der Waals surface area contributed by atoms with Gasteiger partial charge in [0.25, 0.3) is 11.8 Å². The van der Waals surface area contributed by atoms with E-state index in [-0.39, 0.29) is 5.70 Å². The van der Waals surface area contributed by atoms with Gasteiger partial charge in [-0.3, -0.25) is 9.59 Å². The zero-order chi connectivity index (χ0) is 26.7. The van der Waals surface area contributed by atoms with Crippen LogP contribution in [0.2, 0.25) is 0 Å². The molecule has 0 saturated carbocycles. The van der Waals surface area contributed by atoms with Gasteiger partial charge in [0.1, 0.15) is 11.4 Å². The summed E-state index contributed by atoms with van der Waals surface area (Å²) >= 11 is 0. The highest BCUT2D eigenvalue weighted by Gasteiger charge is 2.14. The molecular weight excluding hydrogens is 474 g/mol. The summed E-state index contributed by atoms with van der Waals surface area (Å²) in [5.41, 5.74) is 5.59. The second-order valence-corrected chi connectivity index (χ2v) is 8.51. The van der Waals surface area contributed by atoms with Crippen LogP contribution in [0.5, 0.6) is 5.75 Å². The average Bonchev–Trinajstić information content (AvgIpc) is 2.94. The average molecular weight is 504 g/mol.